The molecule has 1 aromatic heterocycles. The Balaban J connectivity index is 2.07. The van der Waals surface area contributed by atoms with Crippen molar-refractivity contribution in [1.29, 1.82) is 0 Å². The molecule has 138 valence electrons. The van der Waals surface area contributed by atoms with Crippen molar-refractivity contribution in [2.24, 2.45) is 0 Å². The second-order valence-corrected chi connectivity index (χ2v) is 7.27. The van der Waals surface area contributed by atoms with Gasteiger partial charge < -0.3 is 9.67 Å². The van der Waals surface area contributed by atoms with E-state index in [1.165, 1.54) is 0 Å². The molecule has 0 saturated heterocycles. The zero-order chi connectivity index (χ0) is 19.4. The fourth-order valence-corrected chi connectivity index (χ4v) is 3.45. The Hall–Kier alpha value is -2.66. The second kappa shape index (κ2) is 8.35. The van der Waals surface area contributed by atoms with Crippen LogP contribution in [0.2, 0.25) is 0 Å². The average molecular weight is 426 g/mol. The molecule has 0 radical (unpaired) electrons. The standard InChI is InChI=1S/C22H20BrNO3/c1-2-18(22(26)27)19-12-13-20(21(25)16-8-10-17(23)11-9-16)24(19)14-15-6-4-3-5-7-15/h3-13,18H,2,14H2,1H3,(H,26,27). The highest BCUT2D eigenvalue weighted by atomic mass is 79.9. The van der Waals surface area contributed by atoms with Gasteiger partial charge in [0.2, 0.25) is 5.78 Å². The molecule has 0 bridgehead atoms. The van der Waals surface area contributed by atoms with E-state index in [4.69, 9.17) is 0 Å². The van der Waals surface area contributed by atoms with Gasteiger partial charge in [0.15, 0.2) is 0 Å². The molecule has 1 atom stereocenters. The van der Waals surface area contributed by atoms with Crippen LogP contribution in [0.5, 0.6) is 0 Å². The number of halogens is 1. The van der Waals surface area contributed by atoms with E-state index in [2.05, 4.69) is 15.9 Å². The lowest BCUT2D eigenvalue weighted by atomic mass is 10.0. The SMILES string of the molecule is CCC(C(=O)O)c1ccc(C(=O)c2ccc(Br)cc2)n1Cc1ccccc1. The maximum Gasteiger partial charge on any atom is 0.312 e. The summed E-state index contributed by atoms with van der Waals surface area (Å²) in [6.45, 7) is 2.29. The second-order valence-electron chi connectivity index (χ2n) is 6.35. The van der Waals surface area contributed by atoms with E-state index in [0.29, 0.717) is 29.9 Å². The lowest BCUT2D eigenvalue weighted by Gasteiger charge is -2.17. The predicted molar refractivity (Wildman–Crippen MR) is 108 cm³/mol. The molecule has 1 unspecified atom stereocenters. The van der Waals surface area contributed by atoms with Crippen LogP contribution in [0.3, 0.4) is 0 Å². The molecule has 0 aliphatic rings. The van der Waals surface area contributed by atoms with E-state index in [1.54, 1.807) is 24.3 Å². The van der Waals surface area contributed by atoms with E-state index >= 15 is 0 Å². The van der Waals surface area contributed by atoms with Crippen LogP contribution in [-0.2, 0) is 11.3 Å². The van der Waals surface area contributed by atoms with Crippen LogP contribution in [0.15, 0.2) is 71.2 Å². The number of carbonyl (C=O) groups excluding carboxylic acids is 1. The number of carboxylic acids is 1. The maximum atomic E-state index is 13.1. The number of benzene rings is 2. The zero-order valence-electron chi connectivity index (χ0n) is 14.9. The van der Waals surface area contributed by atoms with Crippen molar-refractivity contribution in [3.63, 3.8) is 0 Å². The molecule has 0 saturated carbocycles. The van der Waals surface area contributed by atoms with E-state index in [1.807, 2.05) is 54.0 Å². The van der Waals surface area contributed by atoms with Gasteiger partial charge in [-0.2, -0.15) is 0 Å². The highest BCUT2D eigenvalue weighted by Gasteiger charge is 2.25. The molecule has 27 heavy (non-hydrogen) atoms. The Morgan fingerprint density at radius 2 is 1.67 bits per heavy atom. The lowest BCUT2D eigenvalue weighted by Crippen LogP contribution is -2.19. The number of rotatable bonds is 7. The fourth-order valence-electron chi connectivity index (χ4n) is 3.19. The summed E-state index contributed by atoms with van der Waals surface area (Å²) in [7, 11) is 0. The van der Waals surface area contributed by atoms with Crippen LogP contribution in [0.25, 0.3) is 0 Å². The third-order valence-electron chi connectivity index (χ3n) is 4.60. The van der Waals surface area contributed by atoms with Crippen molar-refractivity contribution < 1.29 is 14.7 Å². The van der Waals surface area contributed by atoms with Crippen LogP contribution >= 0.6 is 15.9 Å². The number of carboxylic acid groups (broad SMARTS) is 1. The van der Waals surface area contributed by atoms with Gasteiger partial charge in [0.1, 0.15) is 0 Å². The smallest absolute Gasteiger partial charge is 0.312 e. The summed E-state index contributed by atoms with van der Waals surface area (Å²) in [6, 6.07) is 20.4. The number of hydrogen-bond donors (Lipinski definition) is 1. The summed E-state index contributed by atoms with van der Waals surface area (Å²) < 4.78 is 2.73. The van der Waals surface area contributed by atoms with Crippen LogP contribution in [0.1, 0.15) is 46.6 Å². The first-order valence-corrected chi connectivity index (χ1v) is 9.57. The molecule has 1 N–H and O–H groups in total. The molecule has 4 nitrogen and oxygen atoms in total. The first-order chi connectivity index (χ1) is 13.0. The summed E-state index contributed by atoms with van der Waals surface area (Å²) in [5.74, 6) is -1.65. The average Bonchev–Trinajstić information content (AvgIpc) is 3.06. The summed E-state index contributed by atoms with van der Waals surface area (Å²) >= 11 is 3.38. The summed E-state index contributed by atoms with van der Waals surface area (Å²) in [5, 5.41) is 9.61. The highest BCUT2D eigenvalue weighted by molar-refractivity contribution is 9.10. The number of nitrogens with zero attached hydrogens (tertiary/aromatic N) is 1. The Morgan fingerprint density at radius 1 is 1.00 bits per heavy atom. The Labute approximate surface area is 166 Å². The van der Waals surface area contributed by atoms with E-state index in [-0.39, 0.29) is 5.78 Å². The molecule has 5 heteroatoms. The lowest BCUT2D eigenvalue weighted by molar-refractivity contribution is -0.139. The molecule has 1 heterocycles. The van der Waals surface area contributed by atoms with Crippen molar-refractivity contribution in [3.05, 3.63) is 93.7 Å². The van der Waals surface area contributed by atoms with Gasteiger partial charge in [-0.15, -0.1) is 0 Å². The van der Waals surface area contributed by atoms with Crippen LogP contribution in [0, 0.1) is 0 Å². The van der Waals surface area contributed by atoms with Crippen molar-refractivity contribution in [2.45, 2.75) is 25.8 Å². The molecule has 3 aromatic rings. The van der Waals surface area contributed by atoms with Gasteiger partial charge in [0.05, 0.1) is 11.6 Å². The number of aromatic nitrogens is 1. The van der Waals surface area contributed by atoms with Gasteiger partial charge in [-0.3, -0.25) is 9.59 Å². The minimum Gasteiger partial charge on any atom is -0.481 e. The van der Waals surface area contributed by atoms with E-state index < -0.39 is 11.9 Å². The normalized spacial score (nSPS) is 11.9. The molecule has 0 amide bonds. The number of ketones is 1. The van der Waals surface area contributed by atoms with Crippen molar-refractivity contribution in [2.75, 3.05) is 0 Å². The molecule has 0 spiro atoms. The molecule has 2 aromatic carbocycles. The topological polar surface area (TPSA) is 59.3 Å². The zero-order valence-corrected chi connectivity index (χ0v) is 16.5. The quantitative estimate of drug-likeness (QED) is 0.535. The van der Waals surface area contributed by atoms with E-state index in [0.717, 1.165) is 10.0 Å². The predicted octanol–water partition coefficient (Wildman–Crippen LogP) is 5.11. The summed E-state index contributed by atoms with van der Waals surface area (Å²) in [5.41, 5.74) is 2.73. The minimum absolute atomic E-state index is 0.120. The first kappa shape index (κ1) is 19.1. The van der Waals surface area contributed by atoms with Crippen molar-refractivity contribution in [3.8, 4) is 0 Å². The van der Waals surface area contributed by atoms with Crippen LogP contribution in [-0.4, -0.2) is 21.4 Å². The summed E-state index contributed by atoms with van der Waals surface area (Å²) in [6.07, 6.45) is 0.458. The fraction of sp³-hybridized carbons (Fsp3) is 0.182. The van der Waals surface area contributed by atoms with Crippen LogP contribution in [0.4, 0.5) is 0 Å². The Kier molecular flexibility index (Phi) is 5.91. The van der Waals surface area contributed by atoms with Crippen LogP contribution < -0.4 is 0 Å². The van der Waals surface area contributed by atoms with Crippen molar-refractivity contribution >= 4 is 27.7 Å². The highest BCUT2D eigenvalue weighted by Crippen LogP contribution is 2.26. The first-order valence-electron chi connectivity index (χ1n) is 8.77. The number of aliphatic carboxylic acids is 1. The Morgan fingerprint density at radius 3 is 2.26 bits per heavy atom. The van der Waals surface area contributed by atoms with Crippen molar-refractivity contribution in [1.82, 2.24) is 4.57 Å². The molecule has 0 aliphatic carbocycles. The Bertz CT molecular complexity index is 945. The largest absolute Gasteiger partial charge is 0.481 e. The van der Waals surface area contributed by atoms with Gasteiger partial charge in [-0.25, -0.2) is 0 Å². The third-order valence-corrected chi connectivity index (χ3v) is 5.13. The molecule has 0 fully saturated rings. The van der Waals surface area contributed by atoms with E-state index in [9.17, 15) is 14.7 Å². The third kappa shape index (κ3) is 4.19. The number of carbonyl (C=O) groups is 2. The van der Waals surface area contributed by atoms with Gasteiger partial charge in [0.25, 0.3) is 0 Å². The minimum atomic E-state index is -0.882. The molecule has 0 aliphatic heterocycles. The van der Waals surface area contributed by atoms with Gasteiger partial charge >= 0.3 is 5.97 Å². The maximum absolute atomic E-state index is 13.1. The van der Waals surface area contributed by atoms with Gasteiger partial charge in [-0.1, -0.05) is 53.2 Å². The number of hydrogen-bond acceptors (Lipinski definition) is 2. The van der Waals surface area contributed by atoms with Gasteiger partial charge in [-0.05, 0) is 48.4 Å². The summed E-state index contributed by atoms with van der Waals surface area (Å²) in [4.78, 5) is 24.8. The van der Waals surface area contributed by atoms with Gasteiger partial charge in [0, 0.05) is 22.3 Å². The molecule has 3 rings (SSSR count). The molecular weight excluding hydrogens is 406 g/mol. The molecular formula is C22H20BrNO3. The monoisotopic (exact) mass is 425 g/mol.